The second-order valence-corrected chi connectivity index (χ2v) is 3.83. The van der Waals surface area contributed by atoms with Crippen LogP contribution in [0.15, 0.2) is 24.0 Å². The van der Waals surface area contributed by atoms with Crippen LogP contribution in [-0.2, 0) is 4.74 Å². The average Bonchev–Trinajstić information content (AvgIpc) is 2.57. The predicted octanol–water partition coefficient (Wildman–Crippen LogP) is 2.50. The van der Waals surface area contributed by atoms with E-state index < -0.39 is 5.79 Å². The van der Waals surface area contributed by atoms with Crippen molar-refractivity contribution in [3.8, 4) is 0 Å². The summed E-state index contributed by atoms with van der Waals surface area (Å²) in [5, 5.41) is 10.0. The highest BCUT2D eigenvalue weighted by atomic mass is 16.6. The summed E-state index contributed by atoms with van der Waals surface area (Å²) in [7, 11) is 0. The molecule has 0 radical (unpaired) electrons. The van der Waals surface area contributed by atoms with Crippen molar-refractivity contribution in [3.63, 3.8) is 0 Å². The van der Waals surface area contributed by atoms with Crippen LogP contribution in [0.3, 0.4) is 0 Å². The van der Waals surface area contributed by atoms with E-state index in [0.717, 1.165) is 31.4 Å². The molecule has 2 aliphatic carbocycles. The largest absolute Gasteiger partial charge is 0.467 e. The summed E-state index contributed by atoms with van der Waals surface area (Å²) in [4.78, 5) is 0. The van der Waals surface area contributed by atoms with E-state index >= 15 is 0 Å². The molecule has 2 rings (SSSR count). The monoisotopic (exact) mass is 180 g/mol. The Balaban J connectivity index is 1.95. The van der Waals surface area contributed by atoms with E-state index in [0.29, 0.717) is 6.42 Å². The van der Waals surface area contributed by atoms with Crippen LogP contribution < -0.4 is 0 Å². The van der Waals surface area contributed by atoms with Gasteiger partial charge in [-0.25, -0.2) is 0 Å². The number of allylic oxidation sites excluding steroid dienone is 3. The summed E-state index contributed by atoms with van der Waals surface area (Å²) >= 11 is 0. The van der Waals surface area contributed by atoms with Gasteiger partial charge in [0.25, 0.3) is 0 Å². The number of rotatable bonds is 2. The first-order chi connectivity index (χ1) is 6.29. The quantitative estimate of drug-likeness (QED) is 0.522. The first-order valence-corrected chi connectivity index (χ1v) is 5.04. The zero-order valence-electron chi connectivity index (χ0n) is 7.83. The highest BCUT2D eigenvalue weighted by molar-refractivity contribution is 5.03. The molecule has 0 aromatic carbocycles. The van der Waals surface area contributed by atoms with Gasteiger partial charge in [0.2, 0.25) is 5.79 Å². The molecule has 1 N–H and O–H groups in total. The van der Waals surface area contributed by atoms with Crippen molar-refractivity contribution in [2.45, 2.75) is 44.3 Å². The minimum Gasteiger partial charge on any atom is -0.467 e. The molecule has 2 nitrogen and oxygen atoms in total. The second-order valence-electron chi connectivity index (χ2n) is 3.83. The molecule has 0 bridgehead atoms. The van der Waals surface area contributed by atoms with Crippen molar-refractivity contribution in [3.05, 3.63) is 24.0 Å². The first-order valence-electron chi connectivity index (χ1n) is 5.04. The number of ether oxygens (including phenoxy) is 1. The lowest BCUT2D eigenvalue weighted by molar-refractivity contribution is -0.181. The maximum Gasteiger partial charge on any atom is 0.211 e. The van der Waals surface area contributed by atoms with E-state index in [1.165, 1.54) is 6.42 Å². The van der Waals surface area contributed by atoms with Gasteiger partial charge in [-0.05, 0) is 25.3 Å². The zero-order valence-corrected chi connectivity index (χ0v) is 7.83. The van der Waals surface area contributed by atoms with E-state index in [-0.39, 0.29) is 0 Å². The fraction of sp³-hybridized carbons (Fsp3) is 0.636. The fourth-order valence-corrected chi connectivity index (χ4v) is 1.87. The normalized spacial score (nSPS) is 33.2. The molecule has 0 amide bonds. The van der Waals surface area contributed by atoms with E-state index in [1.54, 1.807) is 0 Å². The molecule has 2 aliphatic rings. The van der Waals surface area contributed by atoms with Crippen molar-refractivity contribution < 1.29 is 9.84 Å². The Bertz CT molecular complexity index is 242. The molecule has 0 saturated carbocycles. The minimum atomic E-state index is -0.912. The van der Waals surface area contributed by atoms with E-state index in [9.17, 15) is 5.11 Å². The summed E-state index contributed by atoms with van der Waals surface area (Å²) in [5.41, 5.74) is 0. The highest BCUT2D eigenvalue weighted by Crippen LogP contribution is 2.30. The third kappa shape index (κ3) is 2.13. The summed E-state index contributed by atoms with van der Waals surface area (Å²) in [5.74, 6) is 0.0723. The highest BCUT2D eigenvalue weighted by Gasteiger charge is 2.30. The standard InChI is InChI=1S/C11H16O2/c12-11(8-4-1-5-9-11)13-10-6-2-3-7-10/h1,4,6,12H,2-3,5,7-9H2. The lowest BCUT2D eigenvalue weighted by Crippen LogP contribution is -2.32. The van der Waals surface area contributed by atoms with Gasteiger partial charge in [-0.15, -0.1) is 0 Å². The lowest BCUT2D eigenvalue weighted by Gasteiger charge is -2.30. The molecule has 1 unspecified atom stereocenters. The number of hydrogen-bond donors (Lipinski definition) is 1. The van der Waals surface area contributed by atoms with Crippen molar-refractivity contribution in [2.75, 3.05) is 0 Å². The van der Waals surface area contributed by atoms with Crippen LogP contribution in [0, 0.1) is 0 Å². The van der Waals surface area contributed by atoms with Crippen LogP contribution in [0.4, 0.5) is 0 Å². The fourth-order valence-electron chi connectivity index (χ4n) is 1.87. The van der Waals surface area contributed by atoms with E-state index in [4.69, 9.17) is 4.74 Å². The molecule has 0 heterocycles. The summed E-state index contributed by atoms with van der Waals surface area (Å²) < 4.78 is 5.61. The maximum absolute atomic E-state index is 10.0. The van der Waals surface area contributed by atoms with Crippen molar-refractivity contribution in [1.82, 2.24) is 0 Å². The van der Waals surface area contributed by atoms with Crippen LogP contribution in [0.1, 0.15) is 38.5 Å². The number of aliphatic hydroxyl groups is 1. The molecule has 0 spiro atoms. The Morgan fingerprint density at radius 3 is 2.85 bits per heavy atom. The molecular formula is C11H16O2. The van der Waals surface area contributed by atoms with Gasteiger partial charge in [-0.1, -0.05) is 12.2 Å². The second kappa shape index (κ2) is 3.54. The smallest absolute Gasteiger partial charge is 0.211 e. The number of hydrogen-bond acceptors (Lipinski definition) is 2. The zero-order chi connectivity index (χ0) is 9.15. The molecule has 13 heavy (non-hydrogen) atoms. The van der Waals surface area contributed by atoms with Crippen molar-refractivity contribution >= 4 is 0 Å². The molecule has 0 aromatic heterocycles. The third-order valence-electron chi connectivity index (χ3n) is 2.63. The van der Waals surface area contributed by atoms with Crippen LogP contribution in [0.25, 0.3) is 0 Å². The Morgan fingerprint density at radius 1 is 1.31 bits per heavy atom. The molecule has 0 aliphatic heterocycles. The Morgan fingerprint density at radius 2 is 2.23 bits per heavy atom. The Kier molecular flexibility index (Phi) is 2.40. The van der Waals surface area contributed by atoms with Gasteiger partial charge >= 0.3 is 0 Å². The van der Waals surface area contributed by atoms with Crippen molar-refractivity contribution in [2.24, 2.45) is 0 Å². The first kappa shape index (κ1) is 8.82. The molecular weight excluding hydrogens is 164 g/mol. The average molecular weight is 180 g/mol. The topological polar surface area (TPSA) is 29.5 Å². The maximum atomic E-state index is 10.0. The van der Waals surface area contributed by atoms with Gasteiger partial charge < -0.3 is 9.84 Å². The summed E-state index contributed by atoms with van der Waals surface area (Å²) in [6.07, 6.45) is 11.7. The summed E-state index contributed by atoms with van der Waals surface area (Å²) in [6.45, 7) is 0. The van der Waals surface area contributed by atoms with Gasteiger partial charge in [0.05, 0.1) is 5.76 Å². The van der Waals surface area contributed by atoms with Gasteiger partial charge in [-0.2, -0.15) is 0 Å². The van der Waals surface area contributed by atoms with Gasteiger partial charge in [0.15, 0.2) is 0 Å². The lowest BCUT2D eigenvalue weighted by atomic mass is 10.0. The van der Waals surface area contributed by atoms with E-state index in [2.05, 4.69) is 12.2 Å². The SMILES string of the molecule is OC1(OC2=CCCC2)CC=CCC1. The summed E-state index contributed by atoms with van der Waals surface area (Å²) in [6, 6.07) is 0. The van der Waals surface area contributed by atoms with Gasteiger partial charge in [0.1, 0.15) is 0 Å². The molecule has 0 fully saturated rings. The predicted molar refractivity (Wildman–Crippen MR) is 51.0 cm³/mol. The minimum absolute atomic E-state index is 0.629. The Labute approximate surface area is 78.9 Å². The van der Waals surface area contributed by atoms with Crippen LogP contribution >= 0.6 is 0 Å². The molecule has 0 saturated heterocycles. The van der Waals surface area contributed by atoms with Crippen LogP contribution in [0.2, 0.25) is 0 Å². The third-order valence-corrected chi connectivity index (χ3v) is 2.63. The Hall–Kier alpha value is -0.760. The molecule has 1 atom stereocenters. The van der Waals surface area contributed by atoms with Gasteiger partial charge in [-0.3, -0.25) is 0 Å². The molecule has 0 aromatic rings. The van der Waals surface area contributed by atoms with Crippen LogP contribution in [-0.4, -0.2) is 10.9 Å². The molecule has 2 heteroatoms. The van der Waals surface area contributed by atoms with E-state index in [1.807, 2.05) is 6.08 Å². The van der Waals surface area contributed by atoms with Gasteiger partial charge in [0, 0.05) is 19.3 Å². The molecule has 72 valence electrons. The van der Waals surface area contributed by atoms with Crippen LogP contribution in [0.5, 0.6) is 0 Å². The van der Waals surface area contributed by atoms with Crippen molar-refractivity contribution in [1.29, 1.82) is 0 Å².